The number of fused-ring (bicyclic) bond motifs is 1. The van der Waals surface area contributed by atoms with Crippen LogP contribution in [0.4, 0.5) is 5.69 Å². The van der Waals surface area contributed by atoms with Crippen LogP contribution in [-0.2, 0) is 11.2 Å². The molecule has 0 aliphatic carbocycles. The van der Waals surface area contributed by atoms with Gasteiger partial charge in [-0.15, -0.1) is 6.58 Å². The summed E-state index contributed by atoms with van der Waals surface area (Å²) < 4.78 is 0. The predicted molar refractivity (Wildman–Crippen MR) is 72.3 cm³/mol. The molecule has 0 spiro atoms. The number of amides is 1. The highest BCUT2D eigenvalue weighted by atomic mass is 16.4. The Morgan fingerprint density at radius 2 is 2.32 bits per heavy atom. The average molecular weight is 260 g/mol. The van der Waals surface area contributed by atoms with Gasteiger partial charge in [0.05, 0.1) is 0 Å². The average Bonchev–Trinajstić information content (AvgIpc) is 2.85. The Morgan fingerprint density at radius 3 is 3.00 bits per heavy atom. The Morgan fingerprint density at radius 1 is 1.53 bits per heavy atom. The topological polar surface area (TPSA) is 78.4 Å². The monoisotopic (exact) mass is 260 g/mol. The van der Waals surface area contributed by atoms with Gasteiger partial charge < -0.3 is 15.7 Å². The van der Waals surface area contributed by atoms with Gasteiger partial charge in [-0.05, 0) is 36.6 Å². The highest BCUT2D eigenvalue weighted by Crippen LogP contribution is 2.22. The summed E-state index contributed by atoms with van der Waals surface area (Å²) in [6.45, 7) is 4.36. The van der Waals surface area contributed by atoms with Crippen LogP contribution in [0.2, 0.25) is 0 Å². The van der Waals surface area contributed by atoms with Gasteiger partial charge in [-0.3, -0.25) is 4.79 Å². The van der Waals surface area contributed by atoms with Crippen LogP contribution < -0.4 is 10.6 Å². The molecule has 0 saturated heterocycles. The number of aliphatic carboxylic acids is 1. The van der Waals surface area contributed by atoms with E-state index in [1.54, 1.807) is 12.1 Å². The summed E-state index contributed by atoms with van der Waals surface area (Å²) in [5.41, 5.74) is 2.61. The van der Waals surface area contributed by atoms with E-state index >= 15 is 0 Å². The summed E-state index contributed by atoms with van der Waals surface area (Å²) in [5.74, 6) is -1.43. The number of carboxylic acids is 1. The molecule has 1 heterocycles. The Balaban J connectivity index is 2.11. The zero-order valence-corrected chi connectivity index (χ0v) is 10.5. The number of nitrogens with one attached hydrogen (secondary N) is 2. The molecule has 0 bridgehead atoms. The quantitative estimate of drug-likeness (QED) is 0.699. The van der Waals surface area contributed by atoms with Gasteiger partial charge in [0.25, 0.3) is 5.91 Å². The fourth-order valence-electron chi connectivity index (χ4n) is 2.08. The molecule has 1 amide bonds. The lowest BCUT2D eigenvalue weighted by Gasteiger charge is -2.13. The molecule has 1 aliphatic heterocycles. The van der Waals surface area contributed by atoms with E-state index < -0.39 is 12.0 Å². The van der Waals surface area contributed by atoms with Gasteiger partial charge in [-0.1, -0.05) is 6.08 Å². The van der Waals surface area contributed by atoms with Crippen LogP contribution in [0.5, 0.6) is 0 Å². The van der Waals surface area contributed by atoms with Gasteiger partial charge in [0.15, 0.2) is 0 Å². The third kappa shape index (κ3) is 2.93. The van der Waals surface area contributed by atoms with Gasteiger partial charge in [-0.2, -0.15) is 0 Å². The molecule has 0 saturated carbocycles. The fraction of sp³-hybridized carbons (Fsp3) is 0.286. The van der Waals surface area contributed by atoms with E-state index in [0.29, 0.717) is 5.56 Å². The van der Waals surface area contributed by atoms with E-state index in [9.17, 15) is 9.59 Å². The maximum Gasteiger partial charge on any atom is 0.326 e. The van der Waals surface area contributed by atoms with Crippen molar-refractivity contribution >= 4 is 17.6 Å². The Bertz CT molecular complexity index is 525. The number of anilines is 1. The highest BCUT2D eigenvalue weighted by molar-refractivity contribution is 5.97. The van der Waals surface area contributed by atoms with Crippen molar-refractivity contribution in [3.05, 3.63) is 42.0 Å². The zero-order chi connectivity index (χ0) is 13.8. The van der Waals surface area contributed by atoms with E-state index in [4.69, 9.17) is 5.11 Å². The molecule has 100 valence electrons. The van der Waals surface area contributed by atoms with Crippen molar-refractivity contribution in [3.8, 4) is 0 Å². The summed E-state index contributed by atoms with van der Waals surface area (Å²) >= 11 is 0. The molecule has 1 aromatic rings. The van der Waals surface area contributed by atoms with Crippen LogP contribution in [0.1, 0.15) is 22.3 Å². The number of benzene rings is 1. The lowest BCUT2D eigenvalue weighted by molar-refractivity contribution is -0.139. The third-order valence-corrected chi connectivity index (χ3v) is 3.08. The first-order valence-corrected chi connectivity index (χ1v) is 6.13. The summed E-state index contributed by atoms with van der Waals surface area (Å²) in [7, 11) is 0. The molecule has 2 rings (SSSR count). The van der Waals surface area contributed by atoms with Crippen LogP contribution in [0.3, 0.4) is 0 Å². The third-order valence-electron chi connectivity index (χ3n) is 3.08. The van der Waals surface area contributed by atoms with Gasteiger partial charge in [0, 0.05) is 17.8 Å². The number of hydrogen-bond donors (Lipinski definition) is 3. The van der Waals surface area contributed by atoms with Crippen LogP contribution in [0.25, 0.3) is 0 Å². The molecule has 5 nitrogen and oxygen atoms in total. The van der Waals surface area contributed by atoms with Crippen LogP contribution in [0.15, 0.2) is 30.9 Å². The second-order valence-electron chi connectivity index (χ2n) is 4.44. The zero-order valence-electron chi connectivity index (χ0n) is 10.5. The van der Waals surface area contributed by atoms with Crippen molar-refractivity contribution in [2.45, 2.75) is 18.9 Å². The largest absolute Gasteiger partial charge is 0.480 e. The van der Waals surface area contributed by atoms with Crippen molar-refractivity contribution in [2.24, 2.45) is 0 Å². The molecule has 1 aliphatic rings. The smallest absolute Gasteiger partial charge is 0.326 e. The maximum absolute atomic E-state index is 12.0. The minimum absolute atomic E-state index is 0.202. The second kappa shape index (κ2) is 5.56. The lowest BCUT2D eigenvalue weighted by Crippen LogP contribution is -2.40. The normalized spacial score (nSPS) is 14.1. The van der Waals surface area contributed by atoms with E-state index in [0.717, 1.165) is 24.2 Å². The van der Waals surface area contributed by atoms with Crippen molar-refractivity contribution in [3.63, 3.8) is 0 Å². The van der Waals surface area contributed by atoms with Gasteiger partial charge in [0.1, 0.15) is 6.04 Å². The van der Waals surface area contributed by atoms with Gasteiger partial charge in [-0.25, -0.2) is 4.79 Å². The fourth-order valence-corrected chi connectivity index (χ4v) is 2.08. The van der Waals surface area contributed by atoms with Crippen LogP contribution in [-0.4, -0.2) is 29.6 Å². The standard InChI is InChI=1S/C14H16N2O3/c1-2-3-12(14(18)19)16-13(17)10-4-5-11-9(8-10)6-7-15-11/h2,4-5,8,12,15H,1,3,6-7H2,(H,16,17)(H,18,19). The molecule has 1 aromatic carbocycles. The molecule has 3 N–H and O–H groups in total. The molecule has 0 aromatic heterocycles. The number of carbonyl (C=O) groups is 2. The summed E-state index contributed by atoms with van der Waals surface area (Å²) in [6, 6.07) is 4.41. The van der Waals surface area contributed by atoms with Crippen LogP contribution >= 0.6 is 0 Å². The number of carbonyl (C=O) groups excluding carboxylic acids is 1. The summed E-state index contributed by atoms with van der Waals surface area (Å²) in [5, 5.41) is 14.7. The molecular formula is C14H16N2O3. The lowest BCUT2D eigenvalue weighted by atomic mass is 10.1. The first kappa shape index (κ1) is 13.1. The van der Waals surface area contributed by atoms with Crippen molar-refractivity contribution in [1.82, 2.24) is 5.32 Å². The number of carboxylic acid groups (broad SMARTS) is 1. The molecule has 19 heavy (non-hydrogen) atoms. The first-order valence-electron chi connectivity index (χ1n) is 6.13. The van der Waals surface area contributed by atoms with Gasteiger partial charge >= 0.3 is 5.97 Å². The summed E-state index contributed by atoms with van der Waals surface area (Å²) in [6.07, 6.45) is 2.56. The minimum atomic E-state index is -1.06. The molecule has 0 radical (unpaired) electrons. The van der Waals surface area contributed by atoms with E-state index in [1.165, 1.54) is 6.08 Å². The minimum Gasteiger partial charge on any atom is -0.480 e. The van der Waals surface area contributed by atoms with E-state index in [1.807, 2.05) is 6.07 Å². The SMILES string of the molecule is C=CCC(NC(=O)c1ccc2c(c1)CCN2)C(=O)O. The number of rotatable bonds is 5. The molecule has 0 fully saturated rings. The summed E-state index contributed by atoms with van der Waals surface area (Å²) in [4.78, 5) is 23.0. The molecular weight excluding hydrogens is 244 g/mol. The molecule has 1 atom stereocenters. The van der Waals surface area contributed by atoms with E-state index in [-0.39, 0.29) is 12.3 Å². The Hall–Kier alpha value is -2.30. The van der Waals surface area contributed by atoms with Crippen molar-refractivity contribution in [1.29, 1.82) is 0 Å². The van der Waals surface area contributed by atoms with Gasteiger partial charge in [0.2, 0.25) is 0 Å². The van der Waals surface area contributed by atoms with E-state index in [2.05, 4.69) is 17.2 Å². The highest BCUT2D eigenvalue weighted by Gasteiger charge is 2.20. The first-order chi connectivity index (χ1) is 9.11. The molecule has 1 unspecified atom stereocenters. The Kier molecular flexibility index (Phi) is 3.85. The number of hydrogen-bond acceptors (Lipinski definition) is 3. The Labute approximate surface area is 111 Å². The van der Waals surface area contributed by atoms with Crippen LogP contribution in [0, 0.1) is 0 Å². The predicted octanol–water partition coefficient (Wildman–Crippen LogP) is 1.41. The second-order valence-corrected chi connectivity index (χ2v) is 4.44. The maximum atomic E-state index is 12.0. The van der Waals surface area contributed by atoms with Crippen molar-refractivity contribution in [2.75, 3.05) is 11.9 Å². The molecule has 5 heteroatoms. The van der Waals surface area contributed by atoms with Crippen molar-refractivity contribution < 1.29 is 14.7 Å².